The van der Waals surface area contributed by atoms with Crippen molar-refractivity contribution in [3.05, 3.63) is 0 Å². The first-order chi connectivity index (χ1) is 7.68. The number of ether oxygens (including phenoxy) is 1. The Morgan fingerprint density at radius 1 is 1.19 bits per heavy atom. The van der Waals surface area contributed by atoms with Crippen molar-refractivity contribution in [1.82, 2.24) is 4.90 Å². The highest BCUT2D eigenvalue weighted by molar-refractivity contribution is 4.87. The van der Waals surface area contributed by atoms with Crippen molar-refractivity contribution in [1.29, 1.82) is 0 Å². The zero-order chi connectivity index (χ0) is 11.5. The summed E-state index contributed by atoms with van der Waals surface area (Å²) in [5.41, 5.74) is 0. The predicted molar refractivity (Wildman–Crippen MR) is 64.5 cm³/mol. The molecular formula is C13H25NO2. The lowest BCUT2D eigenvalue weighted by Crippen LogP contribution is -2.53. The van der Waals surface area contributed by atoms with Crippen LogP contribution in [0.2, 0.25) is 0 Å². The first-order valence-electron chi connectivity index (χ1n) is 6.70. The smallest absolute Gasteiger partial charge is 0.0929 e. The van der Waals surface area contributed by atoms with Gasteiger partial charge >= 0.3 is 0 Å². The van der Waals surface area contributed by atoms with Gasteiger partial charge in [0, 0.05) is 12.1 Å². The van der Waals surface area contributed by atoms with E-state index in [0.29, 0.717) is 24.8 Å². The highest BCUT2D eigenvalue weighted by Crippen LogP contribution is 2.27. The molecule has 1 saturated heterocycles. The predicted octanol–water partition coefficient (Wildman–Crippen LogP) is 1.79. The molecule has 1 N–H and O–H groups in total. The normalized spacial score (nSPS) is 37.9. The maximum atomic E-state index is 10.0. The van der Waals surface area contributed by atoms with E-state index in [1.165, 1.54) is 32.1 Å². The largest absolute Gasteiger partial charge is 0.389 e. The second-order valence-corrected chi connectivity index (χ2v) is 5.47. The van der Waals surface area contributed by atoms with Crippen molar-refractivity contribution in [3.8, 4) is 0 Å². The standard InChI is InChI=1S/C13H25NO2/c1-10-8-12(13(15)9-16-10)14(2)11-6-4-3-5-7-11/h10-13,15H,3-9H2,1-2H3/t10-,12+,13+/m1/s1. The molecule has 1 aliphatic carbocycles. The second-order valence-electron chi connectivity index (χ2n) is 5.47. The Labute approximate surface area is 98.8 Å². The first kappa shape index (κ1) is 12.3. The highest BCUT2D eigenvalue weighted by atomic mass is 16.5. The van der Waals surface area contributed by atoms with Crippen LogP contribution in [0.15, 0.2) is 0 Å². The minimum atomic E-state index is -0.303. The summed E-state index contributed by atoms with van der Waals surface area (Å²) in [6, 6.07) is 0.977. The molecule has 0 unspecified atom stereocenters. The van der Waals surface area contributed by atoms with Gasteiger partial charge < -0.3 is 9.84 Å². The molecule has 0 aromatic heterocycles. The highest BCUT2D eigenvalue weighted by Gasteiger charge is 2.34. The van der Waals surface area contributed by atoms with E-state index < -0.39 is 0 Å². The van der Waals surface area contributed by atoms with Crippen LogP contribution in [-0.4, -0.2) is 48.0 Å². The van der Waals surface area contributed by atoms with Gasteiger partial charge in [0.1, 0.15) is 0 Å². The molecule has 3 nitrogen and oxygen atoms in total. The van der Waals surface area contributed by atoms with Gasteiger partial charge in [-0.15, -0.1) is 0 Å². The summed E-state index contributed by atoms with van der Waals surface area (Å²) in [5.74, 6) is 0. The molecule has 1 saturated carbocycles. The van der Waals surface area contributed by atoms with Crippen molar-refractivity contribution in [2.24, 2.45) is 0 Å². The summed E-state index contributed by atoms with van der Waals surface area (Å²) in [7, 11) is 2.18. The summed E-state index contributed by atoms with van der Waals surface area (Å²) >= 11 is 0. The number of likely N-dealkylation sites (N-methyl/N-ethyl adjacent to an activating group) is 1. The number of aliphatic hydroxyl groups excluding tert-OH is 1. The van der Waals surface area contributed by atoms with Crippen LogP contribution in [0, 0.1) is 0 Å². The van der Waals surface area contributed by atoms with Crippen LogP contribution in [0.1, 0.15) is 45.4 Å². The Morgan fingerprint density at radius 3 is 2.56 bits per heavy atom. The van der Waals surface area contributed by atoms with Gasteiger partial charge in [0.25, 0.3) is 0 Å². The average molecular weight is 227 g/mol. The number of rotatable bonds is 2. The topological polar surface area (TPSA) is 32.7 Å². The molecule has 2 aliphatic rings. The summed E-state index contributed by atoms with van der Waals surface area (Å²) in [6.45, 7) is 2.61. The fourth-order valence-electron chi connectivity index (χ4n) is 3.14. The fraction of sp³-hybridized carbons (Fsp3) is 1.00. The maximum Gasteiger partial charge on any atom is 0.0929 e. The van der Waals surface area contributed by atoms with Crippen molar-refractivity contribution in [2.45, 2.75) is 69.7 Å². The first-order valence-corrected chi connectivity index (χ1v) is 6.70. The molecule has 16 heavy (non-hydrogen) atoms. The summed E-state index contributed by atoms with van der Waals surface area (Å²) in [6.07, 6.45) is 7.64. The van der Waals surface area contributed by atoms with E-state index >= 15 is 0 Å². The van der Waals surface area contributed by atoms with Crippen molar-refractivity contribution >= 4 is 0 Å². The van der Waals surface area contributed by atoms with Crippen LogP contribution < -0.4 is 0 Å². The lowest BCUT2D eigenvalue weighted by molar-refractivity contribution is -0.101. The molecular weight excluding hydrogens is 202 g/mol. The van der Waals surface area contributed by atoms with Gasteiger partial charge in [0.15, 0.2) is 0 Å². The molecule has 94 valence electrons. The number of aliphatic hydroxyl groups is 1. The minimum Gasteiger partial charge on any atom is -0.389 e. The molecule has 0 bridgehead atoms. The second kappa shape index (κ2) is 5.48. The Morgan fingerprint density at radius 2 is 1.88 bits per heavy atom. The number of nitrogens with zero attached hydrogens (tertiary/aromatic N) is 1. The summed E-state index contributed by atoms with van der Waals surface area (Å²) in [4.78, 5) is 2.42. The molecule has 2 fully saturated rings. The van der Waals surface area contributed by atoms with Gasteiger partial charge in [-0.25, -0.2) is 0 Å². The van der Waals surface area contributed by atoms with E-state index in [1.54, 1.807) is 0 Å². The minimum absolute atomic E-state index is 0.291. The van der Waals surface area contributed by atoms with Crippen LogP contribution in [0.4, 0.5) is 0 Å². The number of hydrogen-bond acceptors (Lipinski definition) is 3. The lowest BCUT2D eigenvalue weighted by Gasteiger charge is -2.42. The summed E-state index contributed by atoms with van der Waals surface area (Å²) < 4.78 is 5.48. The molecule has 0 amide bonds. The Hall–Kier alpha value is -0.120. The molecule has 1 heterocycles. The van der Waals surface area contributed by atoms with Crippen LogP contribution in [0.25, 0.3) is 0 Å². The van der Waals surface area contributed by atoms with E-state index in [4.69, 9.17) is 4.74 Å². The Kier molecular flexibility index (Phi) is 4.22. The third-order valence-electron chi connectivity index (χ3n) is 4.24. The molecule has 0 aromatic rings. The molecule has 2 rings (SSSR count). The molecule has 0 radical (unpaired) electrons. The molecule has 1 aliphatic heterocycles. The molecule has 3 atom stereocenters. The van der Waals surface area contributed by atoms with Crippen LogP contribution >= 0.6 is 0 Å². The quantitative estimate of drug-likeness (QED) is 0.780. The van der Waals surface area contributed by atoms with E-state index in [9.17, 15) is 5.11 Å². The third-order valence-corrected chi connectivity index (χ3v) is 4.24. The van der Waals surface area contributed by atoms with Gasteiger partial charge in [0.2, 0.25) is 0 Å². The molecule has 3 heteroatoms. The summed E-state index contributed by atoms with van der Waals surface area (Å²) in [5, 5.41) is 10.0. The van der Waals surface area contributed by atoms with E-state index in [1.807, 2.05) is 0 Å². The lowest BCUT2D eigenvalue weighted by atomic mass is 9.91. The Balaban J connectivity index is 1.93. The van der Waals surface area contributed by atoms with Crippen LogP contribution in [0.5, 0.6) is 0 Å². The zero-order valence-electron chi connectivity index (χ0n) is 10.6. The maximum absolute atomic E-state index is 10.0. The van der Waals surface area contributed by atoms with Gasteiger partial charge in [-0.1, -0.05) is 19.3 Å². The molecule has 0 spiro atoms. The zero-order valence-corrected chi connectivity index (χ0v) is 10.6. The monoisotopic (exact) mass is 227 g/mol. The van der Waals surface area contributed by atoms with Crippen molar-refractivity contribution < 1.29 is 9.84 Å². The SMILES string of the molecule is C[C@@H]1C[C@H](N(C)C2CCCCC2)[C@@H](O)CO1. The van der Waals surface area contributed by atoms with E-state index in [0.717, 1.165) is 6.42 Å². The number of hydrogen-bond donors (Lipinski definition) is 1. The average Bonchev–Trinajstić information content (AvgIpc) is 2.32. The third kappa shape index (κ3) is 2.76. The van der Waals surface area contributed by atoms with Crippen molar-refractivity contribution in [2.75, 3.05) is 13.7 Å². The fourth-order valence-corrected chi connectivity index (χ4v) is 3.14. The van der Waals surface area contributed by atoms with E-state index in [-0.39, 0.29) is 6.10 Å². The van der Waals surface area contributed by atoms with Gasteiger partial charge in [-0.2, -0.15) is 0 Å². The van der Waals surface area contributed by atoms with Crippen LogP contribution in [0.3, 0.4) is 0 Å². The van der Waals surface area contributed by atoms with Crippen LogP contribution in [-0.2, 0) is 4.74 Å². The van der Waals surface area contributed by atoms with Gasteiger partial charge in [-0.05, 0) is 33.2 Å². The Bertz CT molecular complexity index is 216. The van der Waals surface area contributed by atoms with Gasteiger partial charge in [0.05, 0.1) is 18.8 Å². The van der Waals surface area contributed by atoms with Crippen molar-refractivity contribution in [3.63, 3.8) is 0 Å². The van der Waals surface area contributed by atoms with Gasteiger partial charge in [-0.3, -0.25) is 4.90 Å². The van der Waals surface area contributed by atoms with E-state index in [2.05, 4.69) is 18.9 Å². The molecule has 0 aromatic carbocycles.